The van der Waals surface area contributed by atoms with E-state index in [1.165, 1.54) is 13.1 Å². The fourth-order valence-corrected chi connectivity index (χ4v) is 2.49. The highest BCUT2D eigenvalue weighted by Gasteiger charge is 2.27. The van der Waals surface area contributed by atoms with Gasteiger partial charge in [-0.2, -0.15) is 0 Å². The lowest BCUT2D eigenvalue weighted by atomic mass is 10.1. The molecular weight excluding hydrogens is 346 g/mol. The van der Waals surface area contributed by atoms with Gasteiger partial charge in [0, 0.05) is 18.0 Å². The van der Waals surface area contributed by atoms with Crippen LogP contribution in [0.5, 0.6) is 0 Å². The number of ether oxygens (including phenoxy) is 1. The van der Waals surface area contributed by atoms with Crippen LogP contribution in [0.25, 0.3) is 10.9 Å². The van der Waals surface area contributed by atoms with Gasteiger partial charge in [0.2, 0.25) is 6.10 Å². The summed E-state index contributed by atoms with van der Waals surface area (Å²) >= 11 is 0. The summed E-state index contributed by atoms with van der Waals surface area (Å²) in [7, 11) is 1.38. The molecule has 1 aromatic heterocycles. The topological polar surface area (TPSA) is 97.4 Å². The van der Waals surface area contributed by atoms with E-state index in [0.29, 0.717) is 11.1 Å². The van der Waals surface area contributed by atoms with Crippen LogP contribution in [-0.4, -0.2) is 29.9 Å². The average molecular weight is 363 g/mol. The Balaban J connectivity index is 1.86. The Morgan fingerprint density at radius 3 is 2.37 bits per heavy atom. The maximum absolute atomic E-state index is 12.6. The fraction of sp³-hybridized carbons (Fsp3) is 0.100. The smallest absolute Gasteiger partial charge is 0.358 e. The van der Waals surface area contributed by atoms with Crippen LogP contribution in [0.3, 0.4) is 0 Å². The normalized spacial score (nSPS) is 11.4. The van der Waals surface area contributed by atoms with E-state index in [2.05, 4.69) is 15.6 Å². The summed E-state index contributed by atoms with van der Waals surface area (Å²) in [4.78, 5) is 40.7. The van der Waals surface area contributed by atoms with Crippen molar-refractivity contribution in [2.24, 2.45) is 0 Å². The molecule has 2 aromatic carbocycles. The highest BCUT2D eigenvalue weighted by molar-refractivity contribution is 5.99. The van der Waals surface area contributed by atoms with Crippen LogP contribution in [0.1, 0.15) is 22.2 Å². The zero-order valence-electron chi connectivity index (χ0n) is 14.5. The molecule has 0 saturated heterocycles. The Morgan fingerprint density at radius 1 is 0.926 bits per heavy atom. The van der Waals surface area contributed by atoms with E-state index in [1.54, 1.807) is 42.5 Å². The van der Waals surface area contributed by atoms with Crippen molar-refractivity contribution < 1.29 is 19.1 Å². The van der Waals surface area contributed by atoms with Gasteiger partial charge in [-0.15, -0.1) is 0 Å². The number of urea groups is 1. The number of rotatable bonds is 4. The number of benzene rings is 2. The number of fused-ring (bicyclic) bond motifs is 1. The second-order valence-corrected chi connectivity index (χ2v) is 5.65. The lowest BCUT2D eigenvalue weighted by Crippen LogP contribution is -2.41. The molecule has 0 bridgehead atoms. The summed E-state index contributed by atoms with van der Waals surface area (Å²) in [6.45, 7) is 0. The molecule has 0 saturated carbocycles. The second-order valence-electron chi connectivity index (χ2n) is 5.65. The minimum absolute atomic E-state index is 0.0716. The van der Waals surface area contributed by atoms with Crippen molar-refractivity contribution in [2.45, 2.75) is 6.10 Å². The van der Waals surface area contributed by atoms with Crippen LogP contribution < -0.4 is 10.6 Å². The summed E-state index contributed by atoms with van der Waals surface area (Å²) in [6, 6.07) is 18.4. The fourth-order valence-electron chi connectivity index (χ4n) is 2.49. The van der Waals surface area contributed by atoms with E-state index < -0.39 is 24.0 Å². The molecule has 7 heteroatoms. The second kappa shape index (κ2) is 8.09. The van der Waals surface area contributed by atoms with E-state index >= 15 is 0 Å². The number of imide groups is 1. The minimum atomic E-state index is -1.29. The maximum Gasteiger partial charge on any atom is 0.358 e. The molecule has 0 fully saturated rings. The van der Waals surface area contributed by atoms with Crippen molar-refractivity contribution in [3.8, 4) is 0 Å². The third kappa shape index (κ3) is 4.27. The number of pyridine rings is 1. The van der Waals surface area contributed by atoms with Crippen molar-refractivity contribution in [3.63, 3.8) is 0 Å². The molecular formula is C20H17N3O4. The number of carbonyl (C=O) groups is 3. The van der Waals surface area contributed by atoms with Crippen molar-refractivity contribution >= 4 is 28.8 Å². The van der Waals surface area contributed by atoms with Gasteiger partial charge >= 0.3 is 12.0 Å². The Labute approximate surface area is 155 Å². The number of esters is 1. The summed E-state index contributed by atoms with van der Waals surface area (Å²) in [5, 5.41) is 5.29. The summed E-state index contributed by atoms with van der Waals surface area (Å²) < 4.78 is 5.39. The quantitative estimate of drug-likeness (QED) is 0.695. The number of aromatic nitrogens is 1. The van der Waals surface area contributed by atoms with Gasteiger partial charge in [0.1, 0.15) is 5.69 Å². The first-order valence-electron chi connectivity index (χ1n) is 8.23. The van der Waals surface area contributed by atoms with Crippen LogP contribution in [0, 0.1) is 0 Å². The zero-order chi connectivity index (χ0) is 19.2. The molecule has 0 aliphatic carbocycles. The van der Waals surface area contributed by atoms with Crippen LogP contribution in [-0.2, 0) is 9.53 Å². The Morgan fingerprint density at radius 2 is 1.63 bits per heavy atom. The molecule has 3 amide bonds. The maximum atomic E-state index is 12.6. The van der Waals surface area contributed by atoms with Crippen LogP contribution in [0.2, 0.25) is 0 Å². The molecule has 0 radical (unpaired) electrons. The molecule has 27 heavy (non-hydrogen) atoms. The first-order valence-corrected chi connectivity index (χ1v) is 8.23. The average Bonchev–Trinajstić information content (AvgIpc) is 2.71. The van der Waals surface area contributed by atoms with E-state index in [1.807, 2.05) is 18.2 Å². The molecule has 136 valence electrons. The van der Waals surface area contributed by atoms with E-state index in [9.17, 15) is 14.4 Å². The highest BCUT2D eigenvalue weighted by atomic mass is 16.5. The van der Waals surface area contributed by atoms with E-state index in [-0.39, 0.29) is 5.69 Å². The monoisotopic (exact) mass is 363 g/mol. The zero-order valence-corrected chi connectivity index (χ0v) is 14.5. The van der Waals surface area contributed by atoms with Crippen LogP contribution in [0.15, 0.2) is 66.7 Å². The molecule has 0 aliphatic rings. The van der Waals surface area contributed by atoms with Crippen molar-refractivity contribution in [3.05, 3.63) is 78.0 Å². The van der Waals surface area contributed by atoms with Gasteiger partial charge < -0.3 is 10.1 Å². The molecule has 1 heterocycles. The number of amides is 3. The van der Waals surface area contributed by atoms with Gasteiger partial charge in [0.05, 0.1) is 5.52 Å². The molecule has 3 aromatic rings. The Kier molecular flexibility index (Phi) is 5.41. The number of nitrogens with one attached hydrogen (secondary N) is 2. The molecule has 0 spiro atoms. The summed E-state index contributed by atoms with van der Waals surface area (Å²) in [6.07, 6.45) is -1.29. The van der Waals surface area contributed by atoms with E-state index in [0.717, 1.165) is 5.39 Å². The number of hydrogen-bond acceptors (Lipinski definition) is 5. The van der Waals surface area contributed by atoms with Crippen molar-refractivity contribution in [1.82, 2.24) is 15.6 Å². The lowest BCUT2D eigenvalue weighted by molar-refractivity contribution is -0.129. The van der Waals surface area contributed by atoms with Crippen molar-refractivity contribution in [2.75, 3.05) is 7.05 Å². The molecule has 0 unspecified atom stereocenters. The van der Waals surface area contributed by atoms with Gasteiger partial charge in [0.25, 0.3) is 5.91 Å². The highest BCUT2D eigenvalue weighted by Crippen LogP contribution is 2.20. The van der Waals surface area contributed by atoms with Gasteiger partial charge in [-0.25, -0.2) is 14.6 Å². The van der Waals surface area contributed by atoms with Crippen molar-refractivity contribution in [1.29, 1.82) is 0 Å². The number of para-hydroxylation sites is 1. The standard InChI is InChI=1S/C20H17N3O4/c1-21-20(26)23-18(24)17(14-8-3-2-4-9-14)27-19(25)16-12-11-13-7-5-6-10-15(13)22-16/h2-12,17H,1H3,(H2,21,23,24,26)/t17-/m0/s1. The SMILES string of the molecule is CNC(=O)NC(=O)[C@@H](OC(=O)c1ccc2ccccc2n1)c1ccccc1. The molecule has 1 atom stereocenters. The molecule has 7 nitrogen and oxygen atoms in total. The predicted molar refractivity (Wildman–Crippen MR) is 98.9 cm³/mol. The van der Waals surface area contributed by atoms with Gasteiger partial charge in [-0.05, 0) is 12.1 Å². The van der Waals surface area contributed by atoms with Gasteiger partial charge in [-0.1, -0.05) is 54.6 Å². The molecule has 3 rings (SSSR count). The first kappa shape index (κ1) is 18.1. The van der Waals surface area contributed by atoms with Gasteiger partial charge in [-0.3, -0.25) is 10.1 Å². The van der Waals surface area contributed by atoms with Gasteiger partial charge in [0.15, 0.2) is 0 Å². The number of nitrogens with zero attached hydrogens (tertiary/aromatic N) is 1. The van der Waals surface area contributed by atoms with Crippen LogP contribution >= 0.6 is 0 Å². The first-order chi connectivity index (χ1) is 13.1. The molecule has 2 N–H and O–H groups in total. The van der Waals surface area contributed by atoms with Crippen LogP contribution in [0.4, 0.5) is 4.79 Å². The third-order valence-electron chi connectivity index (χ3n) is 3.84. The van der Waals surface area contributed by atoms with E-state index in [4.69, 9.17) is 4.74 Å². The predicted octanol–water partition coefficient (Wildman–Crippen LogP) is 2.59. The minimum Gasteiger partial charge on any atom is -0.443 e. The number of carbonyl (C=O) groups excluding carboxylic acids is 3. The largest absolute Gasteiger partial charge is 0.443 e. The number of hydrogen-bond donors (Lipinski definition) is 2. The lowest BCUT2D eigenvalue weighted by Gasteiger charge is -2.17. The summed E-state index contributed by atoms with van der Waals surface area (Å²) in [5.41, 5.74) is 1.15. The summed E-state index contributed by atoms with van der Waals surface area (Å²) in [5.74, 6) is -1.52. The third-order valence-corrected chi connectivity index (χ3v) is 3.84. The molecule has 0 aliphatic heterocycles. The Bertz CT molecular complexity index is 989. The Hall–Kier alpha value is -3.74.